The Morgan fingerprint density at radius 3 is 2.71 bits per heavy atom. The molecule has 3 N–H and O–H groups in total. The molecule has 2 aromatic carbocycles. The van der Waals surface area contributed by atoms with Crippen molar-refractivity contribution in [1.29, 1.82) is 0 Å². The van der Waals surface area contributed by atoms with Gasteiger partial charge in [0.2, 0.25) is 0 Å². The number of nitrogens with two attached hydrogens (primary N) is 1. The predicted octanol–water partition coefficient (Wildman–Crippen LogP) is 4.31. The van der Waals surface area contributed by atoms with Crippen LogP contribution in [0.4, 0.5) is 5.69 Å². The maximum absolute atomic E-state index is 5.83. The Morgan fingerprint density at radius 2 is 1.86 bits per heavy atom. The number of nitrogens with one attached hydrogen (secondary N) is 1. The number of H-pyrrole nitrogens is 1. The number of aromatic nitrogens is 1. The van der Waals surface area contributed by atoms with E-state index in [1.165, 1.54) is 15.9 Å². The maximum Gasteiger partial charge on any atom is 0.142 e. The van der Waals surface area contributed by atoms with Gasteiger partial charge in [0.1, 0.15) is 5.75 Å². The number of nitrogen functional groups attached to an aromatic ring is 1. The van der Waals surface area contributed by atoms with Crippen LogP contribution in [-0.4, -0.2) is 17.3 Å². The summed E-state index contributed by atoms with van der Waals surface area (Å²) in [5.41, 5.74) is 7.72. The average molecular weight is 298 g/mol. The van der Waals surface area contributed by atoms with E-state index in [4.69, 9.17) is 10.5 Å². The van der Waals surface area contributed by atoms with Crippen LogP contribution in [-0.2, 0) is 0 Å². The summed E-state index contributed by atoms with van der Waals surface area (Å²) in [6, 6.07) is 18.1. The number of aromatic amines is 1. The minimum atomic E-state index is 0.682. The molecule has 0 saturated carbocycles. The quantitative estimate of drug-likeness (QED) is 0.405. The van der Waals surface area contributed by atoms with Gasteiger partial charge in [-0.15, -0.1) is 11.8 Å². The van der Waals surface area contributed by atoms with Crippen molar-refractivity contribution in [3.05, 3.63) is 54.6 Å². The zero-order valence-corrected chi connectivity index (χ0v) is 12.5. The Labute approximate surface area is 128 Å². The molecule has 0 unspecified atom stereocenters. The van der Waals surface area contributed by atoms with Gasteiger partial charge in [0.15, 0.2) is 0 Å². The molecule has 0 bridgehead atoms. The summed E-state index contributed by atoms with van der Waals surface area (Å²) in [4.78, 5) is 3.42. The molecule has 0 spiro atoms. The highest BCUT2D eigenvalue weighted by molar-refractivity contribution is 7.99. The summed E-state index contributed by atoms with van der Waals surface area (Å²) in [5.74, 6) is 1.78. The molecule has 0 atom stereocenters. The number of ether oxygens (including phenoxy) is 1. The van der Waals surface area contributed by atoms with E-state index in [0.717, 1.165) is 17.9 Å². The first kappa shape index (κ1) is 13.9. The van der Waals surface area contributed by atoms with Crippen LogP contribution >= 0.6 is 11.8 Å². The molecule has 108 valence electrons. The predicted molar refractivity (Wildman–Crippen MR) is 90.0 cm³/mol. The third-order valence-corrected chi connectivity index (χ3v) is 4.25. The van der Waals surface area contributed by atoms with Crippen LogP contribution in [0.1, 0.15) is 6.42 Å². The van der Waals surface area contributed by atoms with E-state index in [1.807, 2.05) is 42.1 Å². The maximum atomic E-state index is 5.83. The fourth-order valence-electron chi connectivity index (χ4n) is 2.16. The second-order valence-electron chi connectivity index (χ2n) is 4.81. The van der Waals surface area contributed by atoms with E-state index in [-0.39, 0.29) is 0 Å². The molecule has 3 aromatic rings. The van der Waals surface area contributed by atoms with Gasteiger partial charge in [-0.25, -0.2) is 0 Å². The van der Waals surface area contributed by atoms with Gasteiger partial charge in [-0.3, -0.25) is 0 Å². The van der Waals surface area contributed by atoms with Gasteiger partial charge in [0, 0.05) is 16.7 Å². The van der Waals surface area contributed by atoms with Crippen LogP contribution in [0.25, 0.3) is 10.9 Å². The molecule has 0 aliphatic carbocycles. The summed E-state index contributed by atoms with van der Waals surface area (Å²) in [6.45, 7) is 0.682. The van der Waals surface area contributed by atoms with E-state index >= 15 is 0 Å². The van der Waals surface area contributed by atoms with Crippen LogP contribution in [0, 0.1) is 0 Å². The molecule has 1 aromatic heterocycles. The van der Waals surface area contributed by atoms with Crippen molar-refractivity contribution in [2.45, 2.75) is 11.4 Å². The number of hydrogen-bond acceptors (Lipinski definition) is 3. The van der Waals surface area contributed by atoms with Crippen molar-refractivity contribution in [3.63, 3.8) is 0 Å². The van der Waals surface area contributed by atoms with Gasteiger partial charge in [-0.2, -0.15) is 0 Å². The van der Waals surface area contributed by atoms with Crippen LogP contribution < -0.4 is 10.5 Å². The van der Waals surface area contributed by atoms with Gasteiger partial charge in [-0.05, 0) is 30.7 Å². The van der Waals surface area contributed by atoms with Crippen molar-refractivity contribution in [3.8, 4) is 5.75 Å². The zero-order chi connectivity index (χ0) is 14.5. The molecule has 0 aliphatic rings. The Bertz CT molecular complexity index is 690. The van der Waals surface area contributed by atoms with Gasteiger partial charge < -0.3 is 15.5 Å². The lowest BCUT2D eigenvalue weighted by Crippen LogP contribution is -2.01. The van der Waals surface area contributed by atoms with Crippen molar-refractivity contribution in [2.75, 3.05) is 18.1 Å². The molecule has 4 heteroatoms. The highest BCUT2D eigenvalue weighted by Gasteiger charge is 2.01. The van der Waals surface area contributed by atoms with Crippen LogP contribution in [0.3, 0.4) is 0 Å². The van der Waals surface area contributed by atoms with E-state index in [0.29, 0.717) is 12.3 Å². The van der Waals surface area contributed by atoms with Crippen LogP contribution in [0.5, 0.6) is 5.75 Å². The summed E-state index contributed by atoms with van der Waals surface area (Å²) < 4.78 is 5.69. The number of anilines is 1. The summed E-state index contributed by atoms with van der Waals surface area (Å²) in [7, 11) is 0. The van der Waals surface area contributed by atoms with E-state index in [2.05, 4.69) is 29.2 Å². The topological polar surface area (TPSA) is 51.0 Å². The molecule has 3 nitrogen and oxygen atoms in total. The molecule has 3 rings (SSSR count). The second kappa shape index (κ2) is 6.59. The van der Waals surface area contributed by atoms with Gasteiger partial charge >= 0.3 is 0 Å². The number of fused-ring (bicyclic) bond motifs is 1. The molecule has 1 heterocycles. The minimum absolute atomic E-state index is 0.682. The molecule has 0 aliphatic heterocycles. The Hall–Kier alpha value is -2.07. The number of hydrogen-bond donors (Lipinski definition) is 2. The largest absolute Gasteiger partial charge is 0.491 e. The van der Waals surface area contributed by atoms with E-state index in [1.54, 1.807) is 0 Å². The lowest BCUT2D eigenvalue weighted by atomic mass is 10.3. The molecular formula is C17H18N2OS. The van der Waals surface area contributed by atoms with E-state index in [9.17, 15) is 0 Å². The highest BCUT2D eigenvalue weighted by Crippen LogP contribution is 2.24. The zero-order valence-electron chi connectivity index (χ0n) is 11.7. The number of thioether (sulfide) groups is 1. The lowest BCUT2D eigenvalue weighted by molar-refractivity contribution is 0.320. The highest BCUT2D eigenvalue weighted by atomic mass is 32.2. The number of rotatable bonds is 6. The first-order valence-electron chi connectivity index (χ1n) is 7.01. The third-order valence-electron chi connectivity index (χ3n) is 3.23. The Morgan fingerprint density at radius 1 is 1.05 bits per heavy atom. The minimum Gasteiger partial charge on any atom is -0.491 e. The molecular weight excluding hydrogens is 280 g/mol. The van der Waals surface area contributed by atoms with Crippen LogP contribution in [0.15, 0.2) is 59.6 Å². The summed E-state index contributed by atoms with van der Waals surface area (Å²) in [5, 5.41) is 2.46. The molecule has 21 heavy (non-hydrogen) atoms. The van der Waals surface area contributed by atoms with Crippen molar-refractivity contribution < 1.29 is 4.74 Å². The van der Waals surface area contributed by atoms with Crippen molar-refractivity contribution in [2.24, 2.45) is 0 Å². The first-order chi connectivity index (χ1) is 10.3. The van der Waals surface area contributed by atoms with Gasteiger partial charge in [-0.1, -0.05) is 30.3 Å². The first-order valence-corrected chi connectivity index (χ1v) is 7.99. The average Bonchev–Trinajstić information content (AvgIpc) is 2.91. The van der Waals surface area contributed by atoms with Gasteiger partial charge in [0.25, 0.3) is 0 Å². The normalized spacial score (nSPS) is 10.9. The number of para-hydroxylation sites is 3. The fraction of sp³-hybridized carbons (Fsp3) is 0.176. The van der Waals surface area contributed by atoms with Crippen molar-refractivity contribution >= 4 is 28.4 Å². The molecule has 0 amide bonds. The second-order valence-corrected chi connectivity index (χ2v) is 5.95. The van der Waals surface area contributed by atoms with E-state index < -0.39 is 0 Å². The lowest BCUT2D eigenvalue weighted by Gasteiger charge is -2.07. The molecule has 0 fully saturated rings. The SMILES string of the molecule is Nc1ccccc1OCCCSc1cc2ccccc2[nH]1. The summed E-state index contributed by atoms with van der Waals surface area (Å²) >= 11 is 1.82. The molecule has 0 radical (unpaired) electrons. The van der Waals surface area contributed by atoms with Crippen LogP contribution in [0.2, 0.25) is 0 Å². The standard InChI is InChI=1S/C17H18N2OS/c18-14-7-2-4-9-16(14)20-10-5-11-21-17-12-13-6-1-3-8-15(13)19-17/h1-4,6-9,12,19H,5,10-11,18H2. The summed E-state index contributed by atoms with van der Waals surface area (Å²) in [6.07, 6.45) is 0.981. The third kappa shape index (κ3) is 3.52. The monoisotopic (exact) mass is 298 g/mol. The smallest absolute Gasteiger partial charge is 0.142 e. The number of benzene rings is 2. The van der Waals surface area contributed by atoms with Gasteiger partial charge in [0.05, 0.1) is 17.3 Å². The fourth-order valence-corrected chi connectivity index (χ4v) is 3.03. The molecule has 0 saturated heterocycles. The van der Waals surface area contributed by atoms with Crippen molar-refractivity contribution in [1.82, 2.24) is 4.98 Å². The Kier molecular flexibility index (Phi) is 4.36. The Balaban J connectivity index is 1.45.